The van der Waals surface area contributed by atoms with Crippen molar-refractivity contribution in [2.75, 3.05) is 31.5 Å². The third-order valence-electron chi connectivity index (χ3n) is 4.55. The quantitative estimate of drug-likeness (QED) is 0.839. The number of nitrogens with one attached hydrogen (secondary N) is 1. The lowest BCUT2D eigenvalue weighted by molar-refractivity contribution is 0.214. The summed E-state index contributed by atoms with van der Waals surface area (Å²) in [4.78, 5) is 18.3. The van der Waals surface area contributed by atoms with Gasteiger partial charge in [0.15, 0.2) is 5.03 Å². The van der Waals surface area contributed by atoms with Gasteiger partial charge in [-0.2, -0.15) is 4.31 Å². The van der Waals surface area contributed by atoms with E-state index in [4.69, 9.17) is 11.6 Å². The average Bonchev–Trinajstić information content (AvgIpc) is 2.84. The zero-order valence-corrected chi connectivity index (χ0v) is 16.8. The highest BCUT2D eigenvalue weighted by atomic mass is 35.5. The van der Waals surface area contributed by atoms with Gasteiger partial charge in [-0.25, -0.2) is 18.2 Å². The lowest BCUT2D eigenvalue weighted by Gasteiger charge is -2.22. The molecule has 10 heteroatoms. The third-order valence-corrected chi connectivity index (χ3v) is 6.65. The molecule has 2 aromatic rings. The third kappa shape index (κ3) is 4.26. The summed E-state index contributed by atoms with van der Waals surface area (Å²) in [5.41, 5.74) is 0.529. The molecule has 0 spiro atoms. The largest absolute Gasteiger partial charge is 0.337 e. The molecule has 0 bridgehead atoms. The monoisotopic (exact) mass is 411 g/mol. The van der Waals surface area contributed by atoms with Crippen LogP contribution in [0, 0.1) is 6.92 Å². The molecule has 146 valence electrons. The van der Waals surface area contributed by atoms with Crippen molar-refractivity contribution in [3.8, 4) is 0 Å². The Hall–Kier alpha value is -2.10. The molecule has 1 aliphatic rings. The average molecular weight is 412 g/mol. The molecule has 8 nitrogen and oxygen atoms in total. The first-order chi connectivity index (χ1) is 12.8. The Morgan fingerprint density at radius 3 is 2.59 bits per heavy atom. The van der Waals surface area contributed by atoms with Gasteiger partial charge < -0.3 is 14.8 Å². The van der Waals surface area contributed by atoms with Gasteiger partial charge in [0.2, 0.25) is 0 Å². The molecule has 2 amide bonds. The van der Waals surface area contributed by atoms with Crippen LogP contribution in [0.15, 0.2) is 35.5 Å². The number of nitrogens with zero attached hydrogens (tertiary/aromatic N) is 4. The van der Waals surface area contributed by atoms with Crippen LogP contribution < -0.4 is 5.32 Å². The number of anilines is 1. The SMILES string of the molecule is Cc1nc(S(=O)(=O)N2CCCN(C(=O)Nc3ccccc3Cl)CC2)cn1C. The summed E-state index contributed by atoms with van der Waals surface area (Å²) in [6.45, 7) is 3.06. The van der Waals surface area contributed by atoms with E-state index in [0.29, 0.717) is 42.6 Å². The lowest BCUT2D eigenvalue weighted by atomic mass is 10.3. The van der Waals surface area contributed by atoms with Crippen LogP contribution in [0.3, 0.4) is 0 Å². The number of hydrogen-bond donors (Lipinski definition) is 1. The molecule has 0 aliphatic carbocycles. The molecule has 1 aromatic carbocycles. The van der Waals surface area contributed by atoms with Crippen LogP contribution in [-0.2, 0) is 17.1 Å². The van der Waals surface area contributed by atoms with Crippen molar-refractivity contribution in [2.24, 2.45) is 7.05 Å². The molecule has 1 N–H and O–H groups in total. The van der Waals surface area contributed by atoms with Gasteiger partial charge in [0.05, 0.1) is 10.7 Å². The minimum atomic E-state index is -3.68. The van der Waals surface area contributed by atoms with Gasteiger partial charge in [-0.05, 0) is 25.5 Å². The highest BCUT2D eigenvalue weighted by Gasteiger charge is 2.30. The molecule has 0 radical (unpaired) electrons. The van der Waals surface area contributed by atoms with Gasteiger partial charge in [0.25, 0.3) is 10.0 Å². The minimum Gasteiger partial charge on any atom is -0.337 e. The first-order valence-electron chi connectivity index (χ1n) is 8.59. The number of carbonyl (C=O) groups is 1. The summed E-state index contributed by atoms with van der Waals surface area (Å²) >= 11 is 6.08. The van der Waals surface area contributed by atoms with Crippen LogP contribution >= 0.6 is 11.6 Å². The summed E-state index contributed by atoms with van der Waals surface area (Å²) in [7, 11) is -1.93. The van der Waals surface area contributed by atoms with Gasteiger partial charge in [0.1, 0.15) is 5.82 Å². The van der Waals surface area contributed by atoms with Crippen molar-refractivity contribution in [1.82, 2.24) is 18.8 Å². The number of hydrogen-bond acceptors (Lipinski definition) is 4. The number of urea groups is 1. The van der Waals surface area contributed by atoms with Crippen LogP contribution in [0.2, 0.25) is 5.02 Å². The van der Waals surface area contributed by atoms with Crippen molar-refractivity contribution in [3.05, 3.63) is 41.3 Å². The maximum atomic E-state index is 12.8. The van der Waals surface area contributed by atoms with E-state index in [2.05, 4.69) is 10.3 Å². The Morgan fingerprint density at radius 2 is 1.93 bits per heavy atom. The molecule has 27 heavy (non-hydrogen) atoms. The van der Waals surface area contributed by atoms with E-state index >= 15 is 0 Å². The summed E-state index contributed by atoms with van der Waals surface area (Å²) in [5, 5.41) is 3.27. The molecule has 1 saturated heterocycles. The maximum absolute atomic E-state index is 12.8. The number of aromatic nitrogens is 2. The molecule has 0 saturated carbocycles. The van der Waals surface area contributed by atoms with E-state index in [1.807, 2.05) is 0 Å². The molecule has 1 aliphatic heterocycles. The second kappa shape index (κ2) is 7.87. The van der Waals surface area contributed by atoms with E-state index in [-0.39, 0.29) is 17.6 Å². The summed E-state index contributed by atoms with van der Waals surface area (Å²) in [6, 6.07) is 6.69. The van der Waals surface area contributed by atoms with Crippen LogP contribution in [0.1, 0.15) is 12.2 Å². The smallest absolute Gasteiger partial charge is 0.321 e. The number of para-hydroxylation sites is 1. The van der Waals surface area contributed by atoms with Crippen LogP contribution in [-0.4, -0.2) is 59.4 Å². The number of sulfonamides is 1. The van der Waals surface area contributed by atoms with Crippen LogP contribution in [0.25, 0.3) is 0 Å². The predicted molar refractivity (Wildman–Crippen MR) is 103 cm³/mol. The summed E-state index contributed by atoms with van der Waals surface area (Å²) < 4.78 is 28.7. The fraction of sp³-hybridized carbons (Fsp3) is 0.412. The fourth-order valence-electron chi connectivity index (χ4n) is 2.88. The molecule has 0 unspecified atom stereocenters. The van der Waals surface area contributed by atoms with E-state index in [1.54, 1.807) is 47.7 Å². The molecule has 3 rings (SSSR count). The topological polar surface area (TPSA) is 87.5 Å². The molecular weight excluding hydrogens is 390 g/mol. The molecule has 2 heterocycles. The van der Waals surface area contributed by atoms with Gasteiger partial charge in [-0.3, -0.25) is 0 Å². The number of carbonyl (C=O) groups excluding carboxylic acids is 1. The molecule has 0 atom stereocenters. The van der Waals surface area contributed by atoms with Crippen molar-refractivity contribution < 1.29 is 13.2 Å². The van der Waals surface area contributed by atoms with Crippen LogP contribution in [0.4, 0.5) is 10.5 Å². The van der Waals surface area contributed by atoms with E-state index < -0.39 is 10.0 Å². The molecular formula is C17H22ClN5O3S. The number of rotatable bonds is 3. The first-order valence-corrected chi connectivity index (χ1v) is 10.4. The Kier molecular flexibility index (Phi) is 5.73. The van der Waals surface area contributed by atoms with Crippen molar-refractivity contribution in [2.45, 2.75) is 18.4 Å². The van der Waals surface area contributed by atoms with E-state index in [0.717, 1.165) is 0 Å². The Balaban J connectivity index is 1.68. The second-order valence-electron chi connectivity index (χ2n) is 6.39. The molecule has 1 fully saturated rings. The second-order valence-corrected chi connectivity index (χ2v) is 8.68. The fourth-order valence-corrected chi connectivity index (χ4v) is 4.55. The number of imidazole rings is 1. The van der Waals surface area contributed by atoms with Gasteiger partial charge in [-0.15, -0.1) is 0 Å². The minimum absolute atomic E-state index is 0.0384. The number of aryl methyl sites for hydroxylation is 2. The van der Waals surface area contributed by atoms with Crippen LogP contribution in [0.5, 0.6) is 0 Å². The predicted octanol–water partition coefficient (Wildman–Crippen LogP) is 2.31. The first kappa shape index (κ1) is 19.7. The van der Waals surface area contributed by atoms with E-state index in [1.165, 1.54) is 10.5 Å². The van der Waals surface area contributed by atoms with E-state index in [9.17, 15) is 13.2 Å². The highest BCUT2D eigenvalue weighted by molar-refractivity contribution is 7.89. The standard InChI is InChI=1S/C17H22ClN5O3S/c1-13-19-16(12-21(13)2)27(25,26)23-9-5-8-22(10-11-23)17(24)20-15-7-4-3-6-14(15)18/h3-4,6-7,12H,5,8-11H2,1-2H3,(H,20,24). The summed E-state index contributed by atoms with van der Waals surface area (Å²) in [6.07, 6.45) is 2.05. The Labute approximate surface area is 163 Å². The number of halogens is 1. The number of benzene rings is 1. The highest BCUT2D eigenvalue weighted by Crippen LogP contribution is 2.22. The summed E-state index contributed by atoms with van der Waals surface area (Å²) in [5.74, 6) is 0.629. The van der Waals surface area contributed by atoms with Crippen molar-refractivity contribution in [1.29, 1.82) is 0 Å². The maximum Gasteiger partial charge on any atom is 0.321 e. The number of amides is 2. The molecule has 1 aromatic heterocycles. The zero-order chi connectivity index (χ0) is 19.6. The Bertz CT molecular complexity index is 924. The normalized spacial score (nSPS) is 16.2. The Morgan fingerprint density at radius 1 is 1.19 bits per heavy atom. The zero-order valence-electron chi connectivity index (χ0n) is 15.2. The van der Waals surface area contributed by atoms with Gasteiger partial charge >= 0.3 is 6.03 Å². The van der Waals surface area contributed by atoms with Crippen molar-refractivity contribution in [3.63, 3.8) is 0 Å². The van der Waals surface area contributed by atoms with Crippen molar-refractivity contribution >= 4 is 33.3 Å². The van der Waals surface area contributed by atoms with Gasteiger partial charge in [0, 0.05) is 39.4 Å². The lowest BCUT2D eigenvalue weighted by Crippen LogP contribution is -2.39. The van der Waals surface area contributed by atoms with Gasteiger partial charge in [-0.1, -0.05) is 23.7 Å².